The van der Waals surface area contributed by atoms with Gasteiger partial charge in [-0.05, 0) is 32.3 Å². The van der Waals surface area contributed by atoms with Crippen LogP contribution in [0.2, 0.25) is 0 Å². The van der Waals surface area contributed by atoms with Crippen molar-refractivity contribution in [2.75, 3.05) is 0 Å². The average molecular weight is 303 g/mol. The van der Waals surface area contributed by atoms with Crippen molar-refractivity contribution in [3.63, 3.8) is 0 Å². The first-order chi connectivity index (χ1) is 11.2. The lowest BCUT2D eigenvalue weighted by Crippen LogP contribution is -2.17. The number of pyridine rings is 1. The van der Waals surface area contributed by atoms with Crippen LogP contribution in [0.5, 0.6) is 5.75 Å². The van der Waals surface area contributed by atoms with Gasteiger partial charge in [-0.25, -0.2) is 4.98 Å². The Morgan fingerprint density at radius 2 is 2.04 bits per heavy atom. The minimum Gasteiger partial charge on any atom is -0.481 e. The van der Waals surface area contributed by atoms with Crippen LogP contribution in [0.3, 0.4) is 0 Å². The van der Waals surface area contributed by atoms with Gasteiger partial charge in [-0.2, -0.15) is 5.26 Å². The number of fused-ring (bicyclic) bond motifs is 3. The second-order valence-corrected chi connectivity index (χ2v) is 5.99. The summed E-state index contributed by atoms with van der Waals surface area (Å²) in [4.78, 5) is 4.66. The third-order valence-electron chi connectivity index (χ3n) is 4.66. The number of nitrogens with zero attached hydrogens (tertiary/aromatic N) is 3. The Bertz CT molecular complexity index is 935. The molecule has 1 aliphatic heterocycles. The molecule has 1 atom stereocenters. The fourth-order valence-electron chi connectivity index (χ4n) is 3.26. The van der Waals surface area contributed by atoms with Crippen molar-refractivity contribution in [3.8, 4) is 11.8 Å². The average Bonchev–Trinajstić information content (AvgIpc) is 2.89. The van der Waals surface area contributed by atoms with Crippen LogP contribution in [-0.4, -0.2) is 9.38 Å². The number of hydrogen-bond acceptors (Lipinski definition) is 3. The highest BCUT2D eigenvalue weighted by Gasteiger charge is 2.27. The Balaban J connectivity index is 1.90. The third kappa shape index (κ3) is 2.08. The summed E-state index contributed by atoms with van der Waals surface area (Å²) in [6.07, 6.45) is 3.61. The monoisotopic (exact) mass is 303 g/mol. The summed E-state index contributed by atoms with van der Waals surface area (Å²) in [5.41, 5.74) is 5.66. The van der Waals surface area contributed by atoms with Crippen LogP contribution in [0.15, 0.2) is 36.5 Å². The number of aryl methyl sites for hydroxylation is 2. The van der Waals surface area contributed by atoms with Crippen LogP contribution in [0, 0.1) is 25.2 Å². The molecule has 0 amide bonds. The number of benzene rings is 1. The molecule has 0 fully saturated rings. The van der Waals surface area contributed by atoms with Gasteiger partial charge < -0.3 is 4.74 Å². The molecule has 1 unspecified atom stereocenters. The van der Waals surface area contributed by atoms with E-state index >= 15 is 0 Å². The molecule has 114 valence electrons. The van der Waals surface area contributed by atoms with Gasteiger partial charge in [0.05, 0.1) is 11.3 Å². The van der Waals surface area contributed by atoms with E-state index in [4.69, 9.17) is 4.74 Å². The molecular weight excluding hydrogens is 286 g/mol. The van der Waals surface area contributed by atoms with Crippen molar-refractivity contribution in [1.29, 1.82) is 5.26 Å². The standard InChI is InChI=1S/C19H17N3O/c1-12-13(2)22-11-15(10-20)16-8-9-17(14-6-4-3-5-7-14)23-18(16)19(22)21-12/h3-7,11,17H,8-9H2,1-2H3. The zero-order valence-corrected chi connectivity index (χ0v) is 13.2. The Morgan fingerprint density at radius 3 is 2.78 bits per heavy atom. The second kappa shape index (κ2) is 5.13. The smallest absolute Gasteiger partial charge is 0.180 e. The molecule has 1 aliphatic rings. The first-order valence-corrected chi connectivity index (χ1v) is 7.82. The maximum atomic E-state index is 9.49. The molecule has 0 radical (unpaired) electrons. The molecular formula is C19H17N3O. The van der Waals surface area contributed by atoms with Crippen LogP contribution in [-0.2, 0) is 6.42 Å². The molecule has 4 nitrogen and oxygen atoms in total. The Labute approximate surface area is 135 Å². The lowest BCUT2D eigenvalue weighted by molar-refractivity contribution is 0.178. The molecule has 0 spiro atoms. The van der Waals surface area contributed by atoms with E-state index in [0.717, 1.165) is 41.2 Å². The van der Waals surface area contributed by atoms with Gasteiger partial charge in [0.15, 0.2) is 11.4 Å². The van der Waals surface area contributed by atoms with E-state index in [-0.39, 0.29) is 6.10 Å². The van der Waals surface area contributed by atoms with E-state index in [1.807, 2.05) is 42.6 Å². The van der Waals surface area contributed by atoms with Gasteiger partial charge in [0.25, 0.3) is 0 Å². The molecule has 4 rings (SSSR count). The Kier molecular flexibility index (Phi) is 3.09. The predicted molar refractivity (Wildman–Crippen MR) is 87.5 cm³/mol. The quantitative estimate of drug-likeness (QED) is 0.685. The topological polar surface area (TPSA) is 50.3 Å². The number of aromatic nitrogens is 2. The number of nitriles is 1. The van der Waals surface area contributed by atoms with Gasteiger partial charge in [0.1, 0.15) is 12.2 Å². The molecule has 1 aromatic carbocycles. The summed E-state index contributed by atoms with van der Waals surface area (Å²) in [7, 11) is 0. The molecule has 0 saturated carbocycles. The van der Waals surface area contributed by atoms with Gasteiger partial charge in [-0.1, -0.05) is 30.3 Å². The normalized spacial score (nSPS) is 16.7. The first kappa shape index (κ1) is 13.8. The third-order valence-corrected chi connectivity index (χ3v) is 4.66. The molecule has 4 heteroatoms. The molecule has 0 N–H and O–H groups in total. The van der Waals surface area contributed by atoms with Gasteiger partial charge in [-0.3, -0.25) is 4.40 Å². The zero-order chi connectivity index (χ0) is 16.0. The predicted octanol–water partition coefficient (Wildman–Crippen LogP) is 3.89. The summed E-state index contributed by atoms with van der Waals surface area (Å²) in [5.74, 6) is 0.764. The fourth-order valence-corrected chi connectivity index (χ4v) is 3.26. The molecule has 3 heterocycles. The largest absolute Gasteiger partial charge is 0.481 e. The summed E-state index contributed by atoms with van der Waals surface area (Å²) < 4.78 is 8.28. The van der Waals surface area contributed by atoms with Crippen molar-refractivity contribution >= 4 is 5.65 Å². The minimum atomic E-state index is 0.0127. The highest BCUT2D eigenvalue weighted by Crippen LogP contribution is 2.39. The van der Waals surface area contributed by atoms with Crippen LogP contribution in [0.4, 0.5) is 0 Å². The van der Waals surface area contributed by atoms with E-state index in [9.17, 15) is 5.26 Å². The van der Waals surface area contributed by atoms with Crippen LogP contribution in [0.25, 0.3) is 5.65 Å². The van der Waals surface area contributed by atoms with Crippen LogP contribution < -0.4 is 4.74 Å². The van der Waals surface area contributed by atoms with Crippen molar-refractivity contribution in [2.24, 2.45) is 0 Å². The summed E-state index contributed by atoms with van der Waals surface area (Å²) >= 11 is 0. The van der Waals surface area contributed by atoms with E-state index < -0.39 is 0 Å². The highest BCUT2D eigenvalue weighted by molar-refractivity contribution is 5.65. The minimum absolute atomic E-state index is 0.0127. The van der Waals surface area contributed by atoms with Gasteiger partial charge in [0, 0.05) is 17.5 Å². The number of ether oxygens (including phenoxy) is 1. The Hall–Kier alpha value is -2.80. The summed E-state index contributed by atoms with van der Waals surface area (Å²) in [5, 5.41) is 9.49. The van der Waals surface area contributed by atoms with Gasteiger partial charge in [0.2, 0.25) is 0 Å². The maximum absolute atomic E-state index is 9.49. The SMILES string of the molecule is Cc1nc2c3c(c(C#N)cn2c1C)CCC(c1ccccc1)O3. The van der Waals surface area contributed by atoms with Crippen LogP contribution in [0.1, 0.15) is 40.6 Å². The fraction of sp³-hybridized carbons (Fsp3) is 0.263. The van der Waals surface area contributed by atoms with Crippen molar-refractivity contribution in [3.05, 3.63) is 64.6 Å². The van der Waals surface area contributed by atoms with Crippen LogP contribution >= 0.6 is 0 Å². The zero-order valence-electron chi connectivity index (χ0n) is 13.2. The van der Waals surface area contributed by atoms with E-state index in [0.29, 0.717) is 5.56 Å². The molecule has 0 aliphatic carbocycles. The van der Waals surface area contributed by atoms with Crippen molar-refractivity contribution in [2.45, 2.75) is 32.8 Å². The molecule has 23 heavy (non-hydrogen) atoms. The van der Waals surface area contributed by atoms with E-state index in [1.54, 1.807) is 0 Å². The molecule has 0 saturated heterocycles. The van der Waals surface area contributed by atoms with Crippen molar-refractivity contribution in [1.82, 2.24) is 9.38 Å². The first-order valence-electron chi connectivity index (χ1n) is 7.82. The second-order valence-electron chi connectivity index (χ2n) is 5.99. The van der Waals surface area contributed by atoms with Crippen molar-refractivity contribution < 1.29 is 4.74 Å². The van der Waals surface area contributed by atoms with Gasteiger partial charge >= 0.3 is 0 Å². The van der Waals surface area contributed by atoms with E-state index in [2.05, 4.69) is 23.2 Å². The van der Waals surface area contributed by atoms with E-state index in [1.165, 1.54) is 5.56 Å². The molecule has 3 aromatic rings. The summed E-state index contributed by atoms with van der Waals surface area (Å²) in [6.45, 7) is 4.00. The number of rotatable bonds is 1. The Morgan fingerprint density at radius 1 is 1.26 bits per heavy atom. The highest BCUT2D eigenvalue weighted by atomic mass is 16.5. The molecule has 2 aromatic heterocycles. The summed E-state index contributed by atoms with van der Waals surface area (Å²) in [6, 6.07) is 12.5. The lowest BCUT2D eigenvalue weighted by atomic mass is 9.95. The number of hydrogen-bond donors (Lipinski definition) is 0. The van der Waals surface area contributed by atoms with Gasteiger partial charge in [-0.15, -0.1) is 0 Å². The maximum Gasteiger partial charge on any atom is 0.180 e. The molecule has 0 bridgehead atoms. The lowest BCUT2D eigenvalue weighted by Gasteiger charge is -2.27. The number of imidazole rings is 1.